The van der Waals surface area contributed by atoms with E-state index in [1.54, 1.807) is 18.0 Å². The molecule has 26 heavy (non-hydrogen) atoms. The first-order valence-electron chi connectivity index (χ1n) is 8.05. The summed E-state index contributed by atoms with van der Waals surface area (Å²) in [4.78, 5) is 0. The molecule has 0 radical (unpaired) electrons. The van der Waals surface area contributed by atoms with Crippen molar-refractivity contribution >= 4 is 18.4 Å². The molecule has 8 heteroatoms. The number of hydrogen-bond acceptors (Lipinski definition) is 6. The van der Waals surface area contributed by atoms with Crippen molar-refractivity contribution in [2.24, 2.45) is 5.10 Å². The van der Waals surface area contributed by atoms with Crippen LogP contribution in [0.3, 0.4) is 0 Å². The van der Waals surface area contributed by atoms with Crippen molar-refractivity contribution in [3.8, 4) is 22.9 Å². The third-order valence-electron chi connectivity index (χ3n) is 3.56. The van der Waals surface area contributed by atoms with Crippen LogP contribution in [0.5, 0.6) is 11.5 Å². The molecule has 0 atom stereocenters. The zero-order valence-electron chi connectivity index (χ0n) is 14.5. The quantitative estimate of drug-likeness (QED) is 0.378. The van der Waals surface area contributed by atoms with Gasteiger partial charge in [-0.15, -0.1) is 0 Å². The lowest BCUT2D eigenvalue weighted by Gasteiger charge is -2.07. The first-order chi connectivity index (χ1) is 12.7. The van der Waals surface area contributed by atoms with Crippen LogP contribution in [-0.4, -0.2) is 34.8 Å². The molecule has 3 aromatic rings. The molecule has 7 nitrogen and oxygen atoms in total. The maximum Gasteiger partial charge on any atom is 0.216 e. The van der Waals surface area contributed by atoms with E-state index in [4.69, 9.17) is 21.7 Å². The van der Waals surface area contributed by atoms with E-state index in [0.29, 0.717) is 17.2 Å². The van der Waals surface area contributed by atoms with E-state index in [1.807, 2.05) is 55.5 Å². The Morgan fingerprint density at radius 2 is 2.04 bits per heavy atom. The topological polar surface area (TPSA) is 76.5 Å². The Morgan fingerprint density at radius 1 is 1.23 bits per heavy atom. The number of H-pyrrole nitrogens is 1. The van der Waals surface area contributed by atoms with Crippen LogP contribution in [0.25, 0.3) is 11.4 Å². The lowest BCUT2D eigenvalue weighted by molar-refractivity contribution is 0.340. The van der Waals surface area contributed by atoms with Gasteiger partial charge in [0.05, 0.1) is 19.9 Å². The van der Waals surface area contributed by atoms with Crippen LogP contribution in [0.1, 0.15) is 12.5 Å². The number of hydrazone groups is 1. The van der Waals surface area contributed by atoms with E-state index in [0.717, 1.165) is 22.6 Å². The van der Waals surface area contributed by atoms with Crippen molar-refractivity contribution in [3.63, 3.8) is 0 Å². The second kappa shape index (κ2) is 8.30. The van der Waals surface area contributed by atoms with Crippen molar-refractivity contribution in [3.05, 3.63) is 58.9 Å². The predicted octanol–water partition coefficient (Wildman–Crippen LogP) is 3.59. The maximum absolute atomic E-state index is 5.46. The predicted molar refractivity (Wildman–Crippen MR) is 104 cm³/mol. The summed E-state index contributed by atoms with van der Waals surface area (Å²) < 4.78 is 12.7. The summed E-state index contributed by atoms with van der Waals surface area (Å²) in [5, 5.41) is 11.3. The van der Waals surface area contributed by atoms with Gasteiger partial charge >= 0.3 is 0 Å². The van der Waals surface area contributed by atoms with Crippen LogP contribution < -0.4 is 15.0 Å². The van der Waals surface area contributed by atoms with Gasteiger partial charge in [0.25, 0.3) is 0 Å². The molecule has 0 amide bonds. The molecule has 0 fully saturated rings. The smallest absolute Gasteiger partial charge is 0.216 e. The second-order valence-electron chi connectivity index (χ2n) is 5.28. The van der Waals surface area contributed by atoms with E-state index in [1.165, 1.54) is 0 Å². The van der Waals surface area contributed by atoms with Crippen LogP contribution >= 0.6 is 12.2 Å². The maximum atomic E-state index is 5.46. The minimum atomic E-state index is 0.414. The van der Waals surface area contributed by atoms with Gasteiger partial charge in [-0.25, -0.2) is 10.6 Å². The monoisotopic (exact) mass is 369 g/mol. The zero-order chi connectivity index (χ0) is 18.4. The zero-order valence-corrected chi connectivity index (χ0v) is 15.3. The van der Waals surface area contributed by atoms with Gasteiger partial charge in [-0.1, -0.05) is 12.1 Å². The first-order valence-corrected chi connectivity index (χ1v) is 8.46. The number of rotatable bonds is 7. The summed E-state index contributed by atoms with van der Waals surface area (Å²) in [5.74, 6) is 2.20. The summed E-state index contributed by atoms with van der Waals surface area (Å²) in [5.41, 5.74) is 4.68. The summed E-state index contributed by atoms with van der Waals surface area (Å²) in [6, 6.07) is 15.2. The fraction of sp³-hybridized carbons (Fsp3) is 0.167. The lowest BCUT2D eigenvalue weighted by Crippen LogP contribution is -2.10. The van der Waals surface area contributed by atoms with Gasteiger partial charge in [-0.3, -0.25) is 0 Å². The molecule has 2 aromatic carbocycles. The Kier molecular flexibility index (Phi) is 5.65. The standard InChI is InChI=1S/C18H19N5O2S/c1-3-25-15-9-7-14(8-10-15)17-20-21-18(26)23(17)22-19-12-13-5-4-6-16(11-13)24-2/h4-12,22H,3H2,1-2H3,(H,21,26). The van der Waals surface area contributed by atoms with Crippen molar-refractivity contribution < 1.29 is 9.47 Å². The minimum absolute atomic E-state index is 0.414. The Bertz CT molecular complexity index is 947. The highest BCUT2D eigenvalue weighted by molar-refractivity contribution is 7.71. The van der Waals surface area contributed by atoms with Crippen molar-refractivity contribution in [1.29, 1.82) is 0 Å². The van der Waals surface area contributed by atoms with E-state index in [9.17, 15) is 0 Å². The highest BCUT2D eigenvalue weighted by atomic mass is 32.1. The van der Waals surface area contributed by atoms with Crippen molar-refractivity contribution in [2.45, 2.75) is 6.92 Å². The van der Waals surface area contributed by atoms with E-state index >= 15 is 0 Å². The van der Waals surface area contributed by atoms with Crippen LogP contribution in [0.4, 0.5) is 0 Å². The molecular formula is C18H19N5O2S. The molecule has 1 aromatic heterocycles. The molecule has 1 heterocycles. The fourth-order valence-corrected chi connectivity index (χ4v) is 2.51. The molecule has 0 spiro atoms. The summed E-state index contributed by atoms with van der Waals surface area (Å²) in [7, 11) is 1.63. The Hall–Kier alpha value is -3.13. The van der Waals surface area contributed by atoms with Crippen molar-refractivity contribution in [1.82, 2.24) is 14.9 Å². The van der Waals surface area contributed by atoms with E-state index in [-0.39, 0.29) is 0 Å². The van der Waals surface area contributed by atoms with Gasteiger partial charge < -0.3 is 9.47 Å². The molecule has 0 bridgehead atoms. The van der Waals surface area contributed by atoms with Crippen LogP contribution in [0.2, 0.25) is 0 Å². The molecule has 2 N–H and O–H groups in total. The van der Waals surface area contributed by atoms with E-state index < -0.39 is 0 Å². The largest absolute Gasteiger partial charge is 0.497 e. The molecule has 134 valence electrons. The average molecular weight is 369 g/mol. The Morgan fingerprint density at radius 3 is 2.77 bits per heavy atom. The van der Waals surface area contributed by atoms with Gasteiger partial charge in [0.1, 0.15) is 11.5 Å². The van der Waals surface area contributed by atoms with Crippen LogP contribution in [-0.2, 0) is 0 Å². The van der Waals surface area contributed by atoms with Gasteiger partial charge in [-0.05, 0) is 61.1 Å². The van der Waals surface area contributed by atoms with Gasteiger partial charge in [-0.2, -0.15) is 14.9 Å². The minimum Gasteiger partial charge on any atom is -0.497 e. The summed E-state index contributed by atoms with van der Waals surface area (Å²) in [6.45, 7) is 2.57. The first kappa shape index (κ1) is 17.7. The van der Waals surface area contributed by atoms with Crippen molar-refractivity contribution in [2.75, 3.05) is 19.3 Å². The highest BCUT2D eigenvalue weighted by Gasteiger charge is 2.08. The highest BCUT2D eigenvalue weighted by Crippen LogP contribution is 2.20. The Labute approximate surface area is 156 Å². The number of nitrogens with one attached hydrogen (secondary N) is 2. The fourth-order valence-electron chi connectivity index (χ4n) is 2.33. The summed E-state index contributed by atoms with van der Waals surface area (Å²) in [6.07, 6.45) is 1.68. The molecule has 0 aliphatic heterocycles. The lowest BCUT2D eigenvalue weighted by atomic mass is 10.2. The Balaban J connectivity index is 1.79. The molecule has 0 saturated heterocycles. The average Bonchev–Trinajstić information content (AvgIpc) is 3.04. The molecule has 0 aliphatic carbocycles. The van der Waals surface area contributed by atoms with Crippen LogP contribution in [0.15, 0.2) is 53.6 Å². The number of methoxy groups -OCH3 is 1. The van der Waals surface area contributed by atoms with Crippen LogP contribution in [0, 0.1) is 4.77 Å². The summed E-state index contributed by atoms with van der Waals surface area (Å²) >= 11 is 5.27. The molecule has 0 saturated carbocycles. The van der Waals surface area contributed by atoms with E-state index in [2.05, 4.69) is 20.8 Å². The molecule has 0 aliphatic rings. The number of aromatic amines is 1. The molecular weight excluding hydrogens is 350 g/mol. The van der Waals surface area contributed by atoms with Gasteiger partial charge in [0, 0.05) is 5.56 Å². The number of nitrogens with zero attached hydrogens (tertiary/aromatic N) is 3. The number of hydrogen-bond donors (Lipinski definition) is 2. The third kappa shape index (κ3) is 4.09. The molecule has 3 rings (SSSR count). The van der Waals surface area contributed by atoms with Gasteiger partial charge in [0.2, 0.25) is 4.77 Å². The van der Waals surface area contributed by atoms with Gasteiger partial charge in [0.15, 0.2) is 5.82 Å². The normalized spacial score (nSPS) is 10.8. The second-order valence-corrected chi connectivity index (χ2v) is 5.67. The number of ether oxygens (including phenoxy) is 2. The SMILES string of the molecule is CCOc1ccc(-c2n[nH]c(=S)n2NN=Cc2cccc(OC)c2)cc1. The molecule has 0 unspecified atom stereocenters. The third-order valence-corrected chi connectivity index (χ3v) is 3.83. The number of aromatic nitrogens is 3. The number of benzene rings is 2.